The third-order valence-corrected chi connectivity index (χ3v) is 3.61. The van der Waals surface area contributed by atoms with Gasteiger partial charge in [0.05, 0.1) is 5.51 Å². The molecular formula is C10H12ClN3O2S. The summed E-state index contributed by atoms with van der Waals surface area (Å²) in [5.41, 5.74) is 1.52. The molecule has 2 N–H and O–H groups in total. The lowest BCUT2D eigenvalue weighted by Crippen LogP contribution is -2.35. The standard InChI is InChI=1S/C10H12ClN3O2S/c11-8-7(17-5-14-8)10(16)13-4-3-12-9(15)6-1-2-6/h5-6H,1-4H2,(H,12,15)(H,13,16). The normalized spacial score (nSPS) is 14.4. The Morgan fingerprint density at radius 2 is 2.12 bits per heavy atom. The molecule has 17 heavy (non-hydrogen) atoms. The second-order valence-electron chi connectivity index (χ2n) is 3.79. The first kappa shape index (κ1) is 12.3. The summed E-state index contributed by atoms with van der Waals surface area (Å²) in [5.74, 6) is 0.0230. The van der Waals surface area contributed by atoms with Crippen LogP contribution in [0.25, 0.3) is 0 Å². The smallest absolute Gasteiger partial charge is 0.264 e. The number of thiazole rings is 1. The molecule has 7 heteroatoms. The highest BCUT2D eigenvalue weighted by Gasteiger charge is 2.29. The maximum atomic E-state index is 11.6. The number of amides is 2. The van der Waals surface area contributed by atoms with Crippen LogP contribution in [0.4, 0.5) is 0 Å². The Bertz CT molecular complexity index is 431. The van der Waals surface area contributed by atoms with Gasteiger partial charge in [-0.15, -0.1) is 11.3 Å². The molecule has 0 unspecified atom stereocenters. The molecule has 1 aliphatic carbocycles. The first-order chi connectivity index (χ1) is 8.18. The summed E-state index contributed by atoms with van der Waals surface area (Å²) in [5, 5.41) is 5.65. The summed E-state index contributed by atoms with van der Waals surface area (Å²) in [7, 11) is 0. The zero-order valence-electron chi connectivity index (χ0n) is 9.03. The van der Waals surface area contributed by atoms with Crippen molar-refractivity contribution < 1.29 is 9.59 Å². The number of carbonyl (C=O) groups excluding carboxylic acids is 2. The van der Waals surface area contributed by atoms with Gasteiger partial charge in [-0.1, -0.05) is 11.6 Å². The Morgan fingerprint density at radius 3 is 2.71 bits per heavy atom. The SMILES string of the molecule is O=C(NCCNC(=O)C1CC1)c1scnc1Cl. The van der Waals surface area contributed by atoms with Gasteiger partial charge in [-0.25, -0.2) is 4.98 Å². The minimum Gasteiger partial charge on any atom is -0.354 e. The fraction of sp³-hybridized carbons (Fsp3) is 0.500. The van der Waals surface area contributed by atoms with E-state index in [9.17, 15) is 9.59 Å². The highest BCUT2D eigenvalue weighted by Crippen LogP contribution is 2.28. The molecule has 0 aromatic carbocycles. The summed E-state index contributed by atoms with van der Waals surface area (Å²) in [6.07, 6.45) is 1.96. The van der Waals surface area contributed by atoms with E-state index in [-0.39, 0.29) is 22.9 Å². The lowest BCUT2D eigenvalue weighted by Gasteiger charge is -2.05. The maximum Gasteiger partial charge on any atom is 0.264 e. The van der Waals surface area contributed by atoms with Crippen molar-refractivity contribution in [1.29, 1.82) is 0 Å². The van der Waals surface area contributed by atoms with Crippen molar-refractivity contribution in [2.45, 2.75) is 12.8 Å². The van der Waals surface area contributed by atoms with Crippen molar-refractivity contribution >= 4 is 34.8 Å². The number of nitrogens with zero attached hydrogens (tertiary/aromatic N) is 1. The molecule has 2 amide bonds. The lowest BCUT2D eigenvalue weighted by atomic mass is 10.4. The predicted molar refractivity (Wildman–Crippen MR) is 65.2 cm³/mol. The van der Waals surface area contributed by atoms with E-state index in [1.54, 1.807) is 0 Å². The van der Waals surface area contributed by atoms with Gasteiger partial charge in [-0.3, -0.25) is 9.59 Å². The molecule has 0 spiro atoms. The first-order valence-electron chi connectivity index (χ1n) is 5.33. The predicted octanol–water partition coefficient (Wildman–Crippen LogP) is 1.05. The van der Waals surface area contributed by atoms with E-state index in [2.05, 4.69) is 15.6 Å². The van der Waals surface area contributed by atoms with E-state index < -0.39 is 0 Å². The Kier molecular flexibility index (Phi) is 3.96. The fourth-order valence-corrected chi connectivity index (χ4v) is 2.23. The highest BCUT2D eigenvalue weighted by atomic mass is 35.5. The number of aromatic nitrogens is 1. The zero-order chi connectivity index (χ0) is 12.3. The summed E-state index contributed by atoms with van der Waals surface area (Å²) >= 11 is 6.91. The van der Waals surface area contributed by atoms with Crippen LogP contribution < -0.4 is 10.6 Å². The number of hydrogen-bond acceptors (Lipinski definition) is 4. The quantitative estimate of drug-likeness (QED) is 0.788. The molecule has 0 bridgehead atoms. The number of rotatable bonds is 5. The molecule has 0 saturated heterocycles. The molecule has 1 fully saturated rings. The minimum atomic E-state index is -0.252. The van der Waals surface area contributed by atoms with Crippen LogP contribution in [0.1, 0.15) is 22.5 Å². The van der Waals surface area contributed by atoms with E-state index >= 15 is 0 Å². The average Bonchev–Trinajstić information content (AvgIpc) is 3.07. The number of carbonyl (C=O) groups is 2. The van der Waals surface area contributed by atoms with E-state index in [0.717, 1.165) is 12.8 Å². The minimum absolute atomic E-state index is 0.0788. The maximum absolute atomic E-state index is 11.6. The molecule has 0 radical (unpaired) electrons. The van der Waals surface area contributed by atoms with Crippen LogP contribution in [0, 0.1) is 5.92 Å². The van der Waals surface area contributed by atoms with Crippen LogP contribution >= 0.6 is 22.9 Å². The first-order valence-corrected chi connectivity index (χ1v) is 6.59. The van der Waals surface area contributed by atoms with Crippen LogP contribution in [0.3, 0.4) is 0 Å². The lowest BCUT2D eigenvalue weighted by molar-refractivity contribution is -0.122. The van der Waals surface area contributed by atoms with Gasteiger partial charge in [-0.2, -0.15) is 0 Å². The number of hydrogen-bond donors (Lipinski definition) is 2. The second-order valence-corrected chi connectivity index (χ2v) is 5.01. The van der Waals surface area contributed by atoms with E-state index in [1.807, 2.05) is 0 Å². The molecule has 0 aliphatic heterocycles. The molecule has 0 atom stereocenters. The van der Waals surface area contributed by atoms with Crippen LogP contribution in [0.2, 0.25) is 5.15 Å². The molecule has 1 aromatic heterocycles. The molecule has 92 valence electrons. The third kappa shape index (κ3) is 3.41. The number of halogens is 1. The van der Waals surface area contributed by atoms with Crippen molar-refractivity contribution in [2.75, 3.05) is 13.1 Å². The Balaban J connectivity index is 1.66. The second kappa shape index (κ2) is 5.46. The van der Waals surface area contributed by atoms with Crippen LogP contribution in [-0.2, 0) is 4.79 Å². The molecule has 1 aromatic rings. The van der Waals surface area contributed by atoms with Crippen LogP contribution in [0.5, 0.6) is 0 Å². The van der Waals surface area contributed by atoms with Gasteiger partial charge in [0.15, 0.2) is 5.15 Å². The van der Waals surface area contributed by atoms with Gasteiger partial charge in [0, 0.05) is 19.0 Å². The molecule has 5 nitrogen and oxygen atoms in total. The number of nitrogens with one attached hydrogen (secondary N) is 2. The van der Waals surface area contributed by atoms with Crippen LogP contribution in [-0.4, -0.2) is 29.9 Å². The van der Waals surface area contributed by atoms with Crippen LogP contribution in [0.15, 0.2) is 5.51 Å². The zero-order valence-corrected chi connectivity index (χ0v) is 10.6. The highest BCUT2D eigenvalue weighted by molar-refractivity contribution is 7.12. The summed E-state index contributed by atoms with van der Waals surface area (Å²) in [6, 6.07) is 0. The Labute approximate surface area is 108 Å². The molecule has 1 aliphatic rings. The Hall–Kier alpha value is -1.14. The summed E-state index contributed by atoms with van der Waals surface area (Å²) in [4.78, 5) is 27.0. The molecule has 1 heterocycles. The monoisotopic (exact) mass is 273 g/mol. The van der Waals surface area contributed by atoms with Crippen molar-refractivity contribution in [3.8, 4) is 0 Å². The van der Waals surface area contributed by atoms with Crippen molar-refractivity contribution in [1.82, 2.24) is 15.6 Å². The summed E-state index contributed by atoms with van der Waals surface area (Å²) in [6.45, 7) is 0.836. The van der Waals surface area contributed by atoms with Gasteiger partial charge in [-0.05, 0) is 12.8 Å². The van der Waals surface area contributed by atoms with Gasteiger partial charge >= 0.3 is 0 Å². The van der Waals surface area contributed by atoms with Gasteiger partial charge in [0.1, 0.15) is 4.88 Å². The molecule has 2 rings (SSSR count). The largest absolute Gasteiger partial charge is 0.354 e. The fourth-order valence-electron chi connectivity index (χ4n) is 1.31. The van der Waals surface area contributed by atoms with Gasteiger partial charge in [0.2, 0.25) is 5.91 Å². The van der Waals surface area contributed by atoms with Gasteiger partial charge in [0.25, 0.3) is 5.91 Å². The Morgan fingerprint density at radius 1 is 1.41 bits per heavy atom. The molecular weight excluding hydrogens is 262 g/mol. The van der Waals surface area contributed by atoms with Crippen molar-refractivity contribution in [3.05, 3.63) is 15.5 Å². The van der Waals surface area contributed by atoms with E-state index in [4.69, 9.17) is 11.6 Å². The molecule has 1 saturated carbocycles. The van der Waals surface area contributed by atoms with E-state index in [0.29, 0.717) is 18.0 Å². The van der Waals surface area contributed by atoms with Crippen molar-refractivity contribution in [2.24, 2.45) is 5.92 Å². The summed E-state index contributed by atoms with van der Waals surface area (Å²) < 4.78 is 0. The van der Waals surface area contributed by atoms with Crippen molar-refractivity contribution in [3.63, 3.8) is 0 Å². The third-order valence-electron chi connectivity index (χ3n) is 2.39. The van der Waals surface area contributed by atoms with E-state index in [1.165, 1.54) is 16.8 Å². The average molecular weight is 274 g/mol. The topological polar surface area (TPSA) is 71.1 Å². The van der Waals surface area contributed by atoms with Gasteiger partial charge < -0.3 is 10.6 Å².